The van der Waals surface area contributed by atoms with E-state index in [2.05, 4.69) is 18.7 Å². The molecule has 0 unspecified atom stereocenters. The maximum absolute atomic E-state index is 13.8. The lowest BCUT2D eigenvalue weighted by atomic mass is 9.93. The van der Waals surface area contributed by atoms with E-state index in [1.165, 1.54) is 48.5 Å². The van der Waals surface area contributed by atoms with Gasteiger partial charge in [0.05, 0.1) is 45.9 Å². The van der Waals surface area contributed by atoms with Gasteiger partial charge in [0, 0.05) is 20.9 Å². The van der Waals surface area contributed by atoms with Crippen LogP contribution in [0.4, 0.5) is 0 Å². The summed E-state index contributed by atoms with van der Waals surface area (Å²) in [5.41, 5.74) is 2.12. The largest absolute Gasteiger partial charge is 0.495 e. The molecule has 6 rings (SSSR count). The first-order chi connectivity index (χ1) is 30.1. The molecule has 0 heterocycles. The van der Waals surface area contributed by atoms with Gasteiger partial charge in [-0.15, -0.1) is 8.67 Å². The Morgan fingerprint density at radius 3 is 1.56 bits per heavy atom. The molecule has 6 aromatic carbocycles. The van der Waals surface area contributed by atoms with E-state index in [1.807, 2.05) is 0 Å². The molecule has 25 heteroatoms. The number of hydrogen-bond donors (Lipinski definition) is 5. The summed E-state index contributed by atoms with van der Waals surface area (Å²) in [6, 6.07) is 23.2. The summed E-state index contributed by atoms with van der Waals surface area (Å²) in [5.74, 6) is -0.850. The van der Waals surface area contributed by atoms with Crippen LogP contribution in [-0.2, 0) is 58.9 Å². The highest BCUT2D eigenvalue weighted by atomic mass is 32.2. The Labute approximate surface area is 374 Å². The minimum Gasteiger partial charge on any atom is -0.495 e. The smallest absolute Gasteiger partial charge is 0.298 e. The van der Waals surface area contributed by atoms with Crippen molar-refractivity contribution in [1.29, 1.82) is 0 Å². The molecule has 0 saturated heterocycles. The van der Waals surface area contributed by atoms with Gasteiger partial charge < -0.3 is 9.47 Å². The van der Waals surface area contributed by atoms with Crippen molar-refractivity contribution >= 4 is 64.3 Å². The first-order valence-corrected chi connectivity index (χ1v) is 24.8. The standard InChI is InChI=1S/C39H32O19S6/c1-22-4-11-30(20-35(22)60-58-56-41)61(42,43)31-14-15-34(36(21-31)63(47,48)49)54-38-23(2)16-26(17-32(38)24-5-9-28(10-6-24)59-57-55-40)27-18-33(39(53-3)37(19-27)64(50,51)52)25-7-12-29(13-8-25)62(44,45)46/h4-21,40-41H,1-3H3,(H,44,45,46)(H,47,48,49)(H,50,51,52). The molecular formula is C39H32O19S6. The first kappa shape index (κ1) is 48.5. The minimum absolute atomic E-state index is 0.0320. The highest BCUT2D eigenvalue weighted by molar-refractivity contribution is 7.95. The second kappa shape index (κ2) is 19.3. The van der Waals surface area contributed by atoms with E-state index in [0.29, 0.717) is 46.2 Å². The zero-order valence-electron chi connectivity index (χ0n) is 32.8. The molecule has 0 aromatic heterocycles. The Morgan fingerprint density at radius 2 is 1.00 bits per heavy atom. The average molecular weight is 997 g/mol. The molecule has 6 aromatic rings. The van der Waals surface area contributed by atoms with Crippen LogP contribution < -0.4 is 9.47 Å². The summed E-state index contributed by atoms with van der Waals surface area (Å²) in [4.78, 5) is -2.26. The lowest BCUT2D eigenvalue weighted by Gasteiger charge is -2.20. The number of sulfone groups is 1. The van der Waals surface area contributed by atoms with Crippen molar-refractivity contribution in [3.8, 4) is 50.6 Å². The zero-order valence-corrected chi connectivity index (χ0v) is 37.7. The first-order valence-electron chi connectivity index (χ1n) is 17.5. The number of hydrogen-bond acceptors (Lipinski definition) is 18. The molecule has 5 N–H and O–H groups in total. The van der Waals surface area contributed by atoms with Crippen LogP contribution in [0.2, 0.25) is 0 Å². The van der Waals surface area contributed by atoms with Crippen molar-refractivity contribution in [2.24, 2.45) is 0 Å². The van der Waals surface area contributed by atoms with E-state index in [1.54, 1.807) is 38.1 Å². The van der Waals surface area contributed by atoms with Gasteiger partial charge in [0.25, 0.3) is 30.4 Å². The van der Waals surface area contributed by atoms with E-state index in [9.17, 15) is 47.3 Å². The lowest BCUT2D eigenvalue weighted by Crippen LogP contribution is -2.07. The molecule has 0 aliphatic heterocycles. The van der Waals surface area contributed by atoms with Gasteiger partial charge in [-0.05, 0) is 126 Å². The lowest BCUT2D eigenvalue weighted by molar-refractivity contribution is -0.432. The summed E-state index contributed by atoms with van der Waals surface area (Å²) in [6.07, 6.45) is 0. The van der Waals surface area contributed by atoms with Crippen LogP contribution in [0.1, 0.15) is 11.1 Å². The van der Waals surface area contributed by atoms with Gasteiger partial charge in [0.15, 0.2) is 0 Å². The summed E-state index contributed by atoms with van der Waals surface area (Å²) < 4.78 is 153. The fourth-order valence-electron chi connectivity index (χ4n) is 6.30. The predicted molar refractivity (Wildman–Crippen MR) is 228 cm³/mol. The number of aryl methyl sites for hydroxylation is 2. The highest BCUT2D eigenvalue weighted by Gasteiger charge is 2.28. The molecule has 0 atom stereocenters. The number of benzene rings is 6. The molecule has 0 aliphatic carbocycles. The summed E-state index contributed by atoms with van der Waals surface area (Å²) in [6.45, 7) is 3.17. The van der Waals surface area contributed by atoms with E-state index in [0.717, 1.165) is 37.4 Å². The van der Waals surface area contributed by atoms with Gasteiger partial charge >= 0.3 is 0 Å². The third-order valence-electron chi connectivity index (χ3n) is 9.27. The monoisotopic (exact) mass is 996 g/mol. The fourth-order valence-corrected chi connectivity index (χ4v) is 10.4. The van der Waals surface area contributed by atoms with Crippen molar-refractivity contribution < 1.29 is 86.1 Å². The van der Waals surface area contributed by atoms with Gasteiger partial charge in [0.1, 0.15) is 27.0 Å². The Morgan fingerprint density at radius 1 is 0.484 bits per heavy atom. The van der Waals surface area contributed by atoms with Gasteiger partial charge in [0.2, 0.25) is 9.84 Å². The van der Waals surface area contributed by atoms with Crippen LogP contribution in [0, 0.1) is 13.8 Å². The summed E-state index contributed by atoms with van der Waals surface area (Å²) in [7, 11) is -18.1. The molecule has 64 heavy (non-hydrogen) atoms. The topological polar surface area (TPSA) is 293 Å². The number of methoxy groups -OCH3 is 1. The number of ether oxygens (including phenoxy) is 2. The normalized spacial score (nSPS) is 12.3. The zero-order chi connectivity index (χ0) is 46.8. The quantitative estimate of drug-likeness (QED) is 0.0247. The van der Waals surface area contributed by atoms with Crippen molar-refractivity contribution in [1.82, 2.24) is 0 Å². The van der Waals surface area contributed by atoms with Crippen LogP contribution in [0.15, 0.2) is 143 Å². The predicted octanol–water partition coefficient (Wildman–Crippen LogP) is 8.53. The van der Waals surface area contributed by atoms with Crippen molar-refractivity contribution in [2.75, 3.05) is 7.11 Å². The maximum Gasteiger partial charge on any atom is 0.298 e. The Hall–Kier alpha value is -4.94. The molecule has 0 amide bonds. The maximum atomic E-state index is 13.8. The van der Waals surface area contributed by atoms with E-state index in [-0.39, 0.29) is 54.7 Å². The van der Waals surface area contributed by atoms with Crippen LogP contribution in [0.5, 0.6) is 17.2 Å². The third-order valence-corrected chi connectivity index (χ3v) is 15.0. The van der Waals surface area contributed by atoms with Gasteiger partial charge in [-0.2, -0.15) is 25.3 Å². The van der Waals surface area contributed by atoms with Gasteiger partial charge in [-0.1, -0.05) is 40.4 Å². The average Bonchev–Trinajstić information content (AvgIpc) is 3.24. The molecule has 0 fully saturated rings. The molecule has 0 aliphatic rings. The second-order valence-corrected chi connectivity index (χ2v) is 21.0. The molecular weight excluding hydrogens is 965 g/mol. The summed E-state index contributed by atoms with van der Waals surface area (Å²) in [5, 5.41) is 24.5. The van der Waals surface area contributed by atoms with Gasteiger partial charge in [-0.25, -0.2) is 18.9 Å². The molecule has 0 radical (unpaired) electrons. The van der Waals surface area contributed by atoms with Crippen LogP contribution in [0.3, 0.4) is 0 Å². The molecule has 338 valence electrons. The Kier molecular flexibility index (Phi) is 14.6. The number of rotatable bonds is 17. The van der Waals surface area contributed by atoms with E-state index in [4.69, 9.17) is 20.0 Å². The van der Waals surface area contributed by atoms with E-state index < -0.39 is 65.5 Å². The molecule has 19 nitrogen and oxygen atoms in total. The van der Waals surface area contributed by atoms with E-state index >= 15 is 0 Å². The third kappa shape index (κ3) is 10.8. The van der Waals surface area contributed by atoms with Crippen LogP contribution in [0.25, 0.3) is 33.4 Å². The molecule has 0 bridgehead atoms. The SMILES string of the molecule is COc1c(-c2ccc(S(=O)(=O)O)cc2)cc(-c2cc(C)c(Oc3ccc(S(=O)(=O)c4ccc(C)c(SOOO)c4)cc3S(=O)(=O)O)c(-c3ccc(SOOO)cc3)c2)cc1S(=O)(=O)O. The Balaban J connectivity index is 1.54. The second-order valence-electron chi connectivity index (χ2n) is 13.3. The molecule has 0 saturated carbocycles. The minimum atomic E-state index is -5.22. The summed E-state index contributed by atoms with van der Waals surface area (Å²) >= 11 is 1.15. The highest BCUT2D eigenvalue weighted by Crippen LogP contribution is 2.45. The van der Waals surface area contributed by atoms with Crippen molar-refractivity contribution in [3.63, 3.8) is 0 Å². The van der Waals surface area contributed by atoms with Crippen molar-refractivity contribution in [2.45, 2.75) is 48.1 Å². The fraction of sp³-hybridized carbons (Fsp3) is 0.0769. The molecule has 0 spiro atoms. The van der Waals surface area contributed by atoms with Crippen molar-refractivity contribution in [3.05, 3.63) is 120 Å². The van der Waals surface area contributed by atoms with Crippen LogP contribution in [-0.4, -0.2) is 65.0 Å². The Bertz CT molecular complexity index is 3200. The van der Waals surface area contributed by atoms with Crippen LogP contribution >= 0.6 is 24.1 Å². The van der Waals surface area contributed by atoms with Gasteiger partial charge in [-0.3, -0.25) is 13.7 Å².